The Bertz CT molecular complexity index is 812. The number of carbonyl (C=O) groups excluding carboxylic acids is 1. The zero-order valence-corrected chi connectivity index (χ0v) is 12.4. The Morgan fingerprint density at radius 1 is 1.00 bits per heavy atom. The Kier molecular flexibility index (Phi) is 3.79. The van der Waals surface area contributed by atoms with Crippen LogP contribution in [0.1, 0.15) is 17.3 Å². The fourth-order valence-electron chi connectivity index (χ4n) is 2.64. The van der Waals surface area contributed by atoms with Gasteiger partial charge in [0.15, 0.2) is 0 Å². The van der Waals surface area contributed by atoms with Crippen molar-refractivity contribution in [3.8, 4) is 5.75 Å². The average Bonchev–Trinajstić information content (AvgIpc) is 2.56. The predicted octanol–water partition coefficient (Wildman–Crippen LogP) is 4.21. The molecule has 110 valence electrons. The van der Waals surface area contributed by atoms with Crippen LogP contribution in [0.5, 0.6) is 5.75 Å². The van der Waals surface area contributed by atoms with Crippen LogP contribution in [0, 0.1) is 0 Å². The molecule has 0 aliphatic rings. The second-order valence-corrected chi connectivity index (χ2v) is 5.10. The fourth-order valence-corrected chi connectivity index (χ4v) is 2.64. The zero-order chi connectivity index (χ0) is 15.5. The molecule has 0 aliphatic carbocycles. The van der Waals surface area contributed by atoms with E-state index < -0.39 is 0 Å². The van der Waals surface area contributed by atoms with Crippen molar-refractivity contribution < 1.29 is 9.90 Å². The number of aromatic hydroxyl groups is 1. The molecule has 3 nitrogen and oxygen atoms in total. The second kappa shape index (κ2) is 5.90. The first-order chi connectivity index (χ1) is 10.7. The second-order valence-electron chi connectivity index (χ2n) is 5.10. The van der Waals surface area contributed by atoms with Gasteiger partial charge in [0.05, 0.1) is 5.69 Å². The van der Waals surface area contributed by atoms with E-state index in [-0.39, 0.29) is 11.7 Å². The van der Waals surface area contributed by atoms with Gasteiger partial charge in [0.2, 0.25) is 0 Å². The zero-order valence-electron chi connectivity index (χ0n) is 12.4. The minimum absolute atomic E-state index is 0.0426. The maximum atomic E-state index is 12.8. The first kappa shape index (κ1) is 14.1. The normalized spacial score (nSPS) is 10.6. The van der Waals surface area contributed by atoms with Crippen LogP contribution in [0.3, 0.4) is 0 Å². The van der Waals surface area contributed by atoms with Crippen molar-refractivity contribution >= 4 is 22.4 Å². The SMILES string of the molecule is CCN(C(=O)c1ccccc1)c1cccc2ccc(O)cc12. The van der Waals surface area contributed by atoms with E-state index in [4.69, 9.17) is 0 Å². The van der Waals surface area contributed by atoms with Crippen molar-refractivity contribution in [2.45, 2.75) is 6.92 Å². The van der Waals surface area contributed by atoms with Gasteiger partial charge < -0.3 is 10.0 Å². The highest BCUT2D eigenvalue weighted by molar-refractivity contribution is 6.10. The molecule has 22 heavy (non-hydrogen) atoms. The molecule has 0 unspecified atom stereocenters. The van der Waals surface area contributed by atoms with Crippen LogP contribution < -0.4 is 4.90 Å². The van der Waals surface area contributed by atoms with E-state index in [1.807, 2.05) is 61.5 Å². The molecule has 0 heterocycles. The quantitative estimate of drug-likeness (QED) is 0.785. The van der Waals surface area contributed by atoms with Gasteiger partial charge >= 0.3 is 0 Å². The molecule has 0 saturated heterocycles. The molecule has 3 heteroatoms. The van der Waals surface area contributed by atoms with Gasteiger partial charge in [-0.1, -0.05) is 36.4 Å². The molecule has 1 amide bonds. The highest BCUT2D eigenvalue weighted by Crippen LogP contribution is 2.30. The van der Waals surface area contributed by atoms with Crippen LogP contribution in [-0.4, -0.2) is 17.6 Å². The maximum absolute atomic E-state index is 12.8. The van der Waals surface area contributed by atoms with Crippen molar-refractivity contribution in [2.75, 3.05) is 11.4 Å². The number of amides is 1. The number of hydrogen-bond acceptors (Lipinski definition) is 2. The van der Waals surface area contributed by atoms with E-state index in [1.165, 1.54) is 0 Å². The van der Waals surface area contributed by atoms with Gasteiger partial charge in [-0.3, -0.25) is 4.79 Å². The van der Waals surface area contributed by atoms with Gasteiger partial charge in [-0.25, -0.2) is 0 Å². The minimum atomic E-state index is -0.0426. The van der Waals surface area contributed by atoms with E-state index in [9.17, 15) is 9.90 Å². The summed E-state index contributed by atoms with van der Waals surface area (Å²) in [4.78, 5) is 14.5. The number of phenols is 1. The molecule has 1 N–H and O–H groups in total. The average molecular weight is 291 g/mol. The van der Waals surface area contributed by atoms with Crippen molar-refractivity contribution in [1.82, 2.24) is 0 Å². The number of phenolic OH excluding ortho intramolecular Hbond substituents is 1. The lowest BCUT2D eigenvalue weighted by molar-refractivity contribution is 0.0988. The summed E-state index contributed by atoms with van der Waals surface area (Å²) in [7, 11) is 0. The fraction of sp³-hybridized carbons (Fsp3) is 0.105. The number of nitrogens with zero attached hydrogens (tertiary/aromatic N) is 1. The summed E-state index contributed by atoms with van der Waals surface area (Å²) in [5.41, 5.74) is 1.46. The number of carbonyl (C=O) groups is 1. The molecule has 3 aromatic rings. The Morgan fingerprint density at radius 2 is 1.77 bits per heavy atom. The van der Waals surface area contributed by atoms with Crippen LogP contribution in [0.15, 0.2) is 66.7 Å². The summed E-state index contributed by atoms with van der Waals surface area (Å²) in [6, 6.07) is 20.2. The summed E-state index contributed by atoms with van der Waals surface area (Å²) < 4.78 is 0. The Morgan fingerprint density at radius 3 is 2.50 bits per heavy atom. The van der Waals surface area contributed by atoms with E-state index in [2.05, 4.69) is 0 Å². The Hall–Kier alpha value is -2.81. The number of fused-ring (bicyclic) bond motifs is 1. The van der Waals surface area contributed by atoms with Crippen molar-refractivity contribution in [1.29, 1.82) is 0 Å². The van der Waals surface area contributed by atoms with Crippen molar-refractivity contribution in [3.05, 3.63) is 72.3 Å². The molecule has 0 radical (unpaired) electrons. The number of anilines is 1. The smallest absolute Gasteiger partial charge is 0.258 e. The summed E-state index contributed by atoms with van der Waals surface area (Å²) in [5.74, 6) is 0.155. The summed E-state index contributed by atoms with van der Waals surface area (Å²) >= 11 is 0. The standard InChI is InChI=1S/C19H17NO2/c1-2-20(19(22)15-7-4-3-5-8-15)18-10-6-9-14-11-12-16(21)13-17(14)18/h3-13,21H,2H2,1H3. The van der Waals surface area contributed by atoms with Gasteiger partial charge in [-0.15, -0.1) is 0 Å². The third kappa shape index (κ3) is 2.53. The number of benzene rings is 3. The Labute approximate surface area is 129 Å². The molecule has 0 aliphatic heterocycles. The van der Waals surface area contributed by atoms with E-state index in [1.54, 1.807) is 17.0 Å². The molecule has 0 bridgehead atoms. The van der Waals surface area contributed by atoms with Crippen LogP contribution >= 0.6 is 0 Å². The van der Waals surface area contributed by atoms with E-state index in [0.29, 0.717) is 12.1 Å². The summed E-state index contributed by atoms with van der Waals surface area (Å²) in [6.45, 7) is 2.50. The van der Waals surface area contributed by atoms with Crippen LogP contribution in [0.25, 0.3) is 10.8 Å². The van der Waals surface area contributed by atoms with Crippen LogP contribution in [0.4, 0.5) is 5.69 Å². The first-order valence-electron chi connectivity index (χ1n) is 7.29. The molecule has 0 atom stereocenters. The molecule has 0 fully saturated rings. The first-order valence-corrected chi connectivity index (χ1v) is 7.29. The molecule has 0 aromatic heterocycles. The van der Waals surface area contributed by atoms with Gasteiger partial charge in [-0.2, -0.15) is 0 Å². The lowest BCUT2D eigenvalue weighted by atomic mass is 10.1. The van der Waals surface area contributed by atoms with Gasteiger partial charge in [-0.05, 0) is 42.6 Å². The van der Waals surface area contributed by atoms with Crippen molar-refractivity contribution in [2.24, 2.45) is 0 Å². The third-order valence-corrected chi connectivity index (χ3v) is 3.72. The topological polar surface area (TPSA) is 40.5 Å². The highest BCUT2D eigenvalue weighted by Gasteiger charge is 2.17. The van der Waals surface area contributed by atoms with Gasteiger partial charge in [0.25, 0.3) is 5.91 Å². The Balaban J connectivity index is 2.11. The van der Waals surface area contributed by atoms with E-state index in [0.717, 1.165) is 16.5 Å². The van der Waals surface area contributed by atoms with E-state index >= 15 is 0 Å². The summed E-state index contributed by atoms with van der Waals surface area (Å²) in [5, 5.41) is 11.6. The monoisotopic (exact) mass is 291 g/mol. The largest absolute Gasteiger partial charge is 0.508 e. The number of hydrogen-bond donors (Lipinski definition) is 1. The van der Waals surface area contributed by atoms with Crippen molar-refractivity contribution in [3.63, 3.8) is 0 Å². The number of rotatable bonds is 3. The molecule has 0 saturated carbocycles. The third-order valence-electron chi connectivity index (χ3n) is 3.72. The molecule has 3 rings (SSSR count). The minimum Gasteiger partial charge on any atom is -0.508 e. The molecular weight excluding hydrogens is 274 g/mol. The van der Waals surface area contributed by atoms with Gasteiger partial charge in [0.1, 0.15) is 5.75 Å². The predicted molar refractivity (Wildman–Crippen MR) is 89.4 cm³/mol. The van der Waals surface area contributed by atoms with Gasteiger partial charge in [0, 0.05) is 17.5 Å². The maximum Gasteiger partial charge on any atom is 0.258 e. The van der Waals surface area contributed by atoms with Crippen LogP contribution in [0.2, 0.25) is 0 Å². The lowest BCUT2D eigenvalue weighted by Gasteiger charge is -2.23. The molecule has 3 aromatic carbocycles. The lowest BCUT2D eigenvalue weighted by Crippen LogP contribution is -2.30. The van der Waals surface area contributed by atoms with Crippen LogP contribution in [-0.2, 0) is 0 Å². The molecular formula is C19H17NO2. The highest BCUT2D eigenvalue weighted by atomic mass is 16.3. The molecule has 0 spiro atoms. The summed E-state index contributed by atoms with van der Waals surface area (Å²) in [6.07, 6.45) is 0.